The molecule has 112 valence electrons. The Balaban J connectivity index is 2.36. The number of aromatic nitrogens is 1. The normalized spacial score (nSPS) is 11.1. The monoisotopic (exact) mass is 327 g/mol. The molecule has 0 unspecified atom stereocenters. The molecule has 0 bridgehead atoms. The minimum atomic E-state index is -3.98. The number of nitrogens with one attached hydrogen (secondary N) is 1. The van der Waals surface area contributed by atoms with Crippen LogP contribution in [0.4, 0.5) is 11.4 Å². The highest BCUT2D eigenvalue weighted by Gasteiger charge is 2.25. The lowest BCUT2D eigenvalue weighted by Gasteiger charge is -2.14. The van der Waals surface area contributed by atoms with Gasteiger partial charge in [-0.2, -0.15) is 0 Å². The average Bonchev–Trinajstić information content (AvgIpc) is 2.88. The van der Waals surface area contributed by atoms with Crippen LogP contribution in [0.15, 0.2) is 34.0 Å². The molecule has 0 atom stereocenters. The van der Waals surface area contributed by atoms with Gasteiger partial charge in [-0.3, -0.25) is 4.72 Å². The summed E-state index contributed by atoms with van der Waals surface area (Å²) in [4.78, 5) is 16.4. The zero-order valence-electron chi connectivity index (χ0n) is 11.3. The summed E-state index contributed by atoms with van der Waals surface area (Å²) in [6, 6.07) is 6.77. The van der Waals surface area contributed by atoms with Gasteiger partial charge in [-0.15, -0.1) is 11.3 Å². The van der Waals surface area contributed by atoms with Gasteiger partial charge in [0.25, 0.3) is 10.0 Å². The smallest absolute Gasteiger partial charge is 0.356 e. The van der Waals surface area contributed by atoms with E-state index < -0.39 is 21.7 Å². The highest BCUT2D eigenvalue weighted by molar-refractivity contribution is 7.94. The van der Waals surface area contributed by atoms with Crippen molar-refractivity contribution in [3.05, 3.63) is 35.5 Å². The molecule has 0 saturated heterocycles. The average molecular weight is 327 g/mol. The van der Waals surface area contributed by atoms with Crippen molar-refractivity contribution in [3.8, 4) is 0 Å². The predicted molar refractivity (Wildman–Crippen MR) is 80.7 cm³/mol. The fourth-order valence-corrected chi connectivity index (χ4v) is 3.81. The molecule has 0 fully saturated rings. The first-order valence-corrected chi connectivity index (χ1v) is 8.14. The summed E-state index contributed by atoms with van der Waals surface area (Å²) in [6.45, 7) is 0. The Labute approximate surface area is 125 Å². The van der Waals surface area contributed by atoms with Crippen molar-refractivity contribution < 1.29 is 18.3 Å². The van der Waals surface area contributed by atoms with Gasteiger partial charge in [-0.1, -0.05) is 6.07 Å². The molecular weight excluding hydrogens is 314 g/mol. The Morgan fingerprint density at radius 2 is 2.10 bits per heavy atom. The number of hydrogen-bond acceptors (Lipinski definition) is 6. The Hall–Kier alpha value is -2.13. The zero-order chi connectivity index (χ0) is 15.6. The summed E-state index contributed by atoms with van der Waals surface area (Å²) in [5, 5.41) is 8.95. The van der Waals surface area contributed by atoms with E-state index in [2.05, 4.69) is 9.71 Å². The van der Waals surface area contributed by atoms with E-state index in [9.17, 15) is 13.2 Å². The molecule has 2 aromatic rings. The van der Waals surface area contributed by atoms with Gasteiger partial charge in [0.1, 0.15) is 0 Å². The van der Waals surface area contributed by atoms with E-state index in [4.69, 9.17) is 5.11 Å². The topological polar surface area (TPSA) is 99.6 Å². The van der Waals surface area contributed by atoms with E-state index in [1.54, 1.807) is 18.2 Å². The first-order valence-electron chi connectivity index (χ1n) is 5.78. The summed E-state index contributed by atoms with van der Waals surface area (Å²) < 4.78 is 26.6. The molecule has 0 aliphatic carbocycles. The molecule has 7 nitrogen and oxygen atoms in total. The highest BCUT2D eigenvalue weighted by Crippen LogP contribution is 2.25. The van der Waals surface area contributed by atoms with Gasteiger partial charge in [0.2, 0.25) is 0 Å². The maximum Gasteiger partial charge on any atom is 0.356 e. The molecular formula is C12H13N3O4S2. The van der Waals surface area contributed by atoms with Crippen molar-refractivity contribution in [2.75, 3.05) is 23.7 Å². The Bertz CT molecular complexity index is 768. The Morgan fingerprint density at radius 3 is 2.71 bits per heavy atom. The van der Waals surface area contributed by atoms with Gasteiger partial charge in [0.15, 0.2) is 9.90 Å². The molecule has 2 N–H and O–H groups in total. The second kappa shape index (κ2) is 5.70. The lowest BCUT2D eigenvalue weighted by molar-refractivity contribution is 0.0687. The van der Waals surface area contributed by atoms with Crippen LogP contribution in [0, 0.1) is 0 Å². The number of aromatic carboxylic acids is 1. The van der Waals surface area contributed by atoms with E-state index in [1.807, 2.05) is 25.1 Å². The summed E-state index contributed by atoms with van der Waals surface area (Å²) in [6.07, 6.45) is 0. The maximum absolute atomic E-state index is 12.3. The quantitative estimate of drug-likeness (QED) is 0.867. The highest BCUT2D eigenvalue weighted by atomic mass is 32.2. The molecule has 0 aliphatic heterocycles. The number of nitrogens with zero attached hydrogens (tertiary/aromatic N) is 2. The van der Waals surface area contributed by atoms with Crippen LogP contribution < -0.4 is 9.62 Å². The van der Waals surface area contributed by atoms with Gasteiger partial charge >= 0.3 is 5.97 Å². The van der Waals surface area contributed by atoms with Gasteiger partial charge in [-0.05, 0) is 18.2 Å². The second-order valence-electron chi connectivity index (χ2n) is 4.34. The van der Waals surface area contributed by atoms with Crippen LogP contribution in [-0.2, 0) is 10.0 Å². The van der Waals surface area contributed by atoms with Crippen molar-refractivity contribution in [3.63, 3.8) is 0 Å². The van der Waals surface area contributed by atoms with Gasteiger partial charge in [0, 0.05) is 19.8 Å². The van der Waals surface area contributed by atoms with Crippen LogP contribution in [0.25, 0.3) is 0 Å². The minimum Gasteiger partial charge on any atom is -0.476 e. The second-order valence-corrected chi connectivity index (χ2v) is 7.08. The number of carboxylic acids is 1. The van der Waals surface area contributed by atoms with Crippen molar-refractivity contribution in [2.24, 2.45) is 0 Å². The first kappa shape index (κ1) is 15.3. The van der Waals surface area contributed by atoms with E-state index in [1.165, 1.54) is 5.51 Å². The molecule has 21 heavy (non-hydrogen) atoms. The number of sulfonamides is 1. The molecule has 2 rings (SSSR count). The van der Waals surface area contributed by atoms with E-state index in [-0.39, 0.29) is 4.21 Å². The van der Waals surface area contributed by atoms with Crippen molar-refractivity contribution in [1.82, 2.24) is 4.98 Å². The van der Waals surface area contributed by atoms with Gasteiger partial charge in [-0.25, -0.2) is 18.2 Å². The van der Waals surface area contributed by atoms with Crippen LogP contribution >= 0.6 is 11.3 Å². The maximum atomic E-state index is 12.3. The number of hydrogen-bond donors (Lipinski definition) is 2. The molecule has 9 heteroatoms. The fourth-order valence-electron chi connectivity index (χ4n) is 1.62. The Kier molecular flexibility index (Phi) is 4.14. The third kappa shape index (κ3) is 3.31. The third-order valence-corrected chi connectivity index (χ3v) is 5.35. The van der Waals surface area contributed by atoms with Crippen molar-refractivity contribution >= 4 is 38.7 Å². The van der Waals surface area contributed by atoms with Crippen molar-refractivity contribution in [2.45, 2.75) is 4.21 Å². The lowest BCUT2D eigenvalue weighted by Crippen LogP contribution is -2.16. The molecule has 0 amide bonds. The largest absolute Gasteiger partial charge is 0.476 e. The molecule has 0 radical (unpaired) electrons. The standard InChI is InChI=1S/C12H13N3O4S2/c1-15(2)9-5-3-4-8(6-9)14-21(18,19)12-10(11(16)17)13-7-20-12/h3-7,14H,1-2H3,(H,16,17). The summed E-state index contributed by atoms with van der Waals surface area (Å²) in [7, 11) is -0.316. The van der Waals surface area contributed by atoms with Crippen molar-refractivity contribution in [1.29, 1.82) is 0 Å². The van der Waals surface area contributed by atoms with Crippen LogP contribution in [0.1, 0.15) is 10.5 Å². The van der Waals surface area contributed by atoms with Gasteiger partial charge in [0.05, 0.1) is 11.2 Å². The summed E-state index contributed by atoms with van der Waals surface area (Å²) in [5.74, 6) is -1.38. The lowest BCUT2D eigenvalue weighted by atomic mass is 10.3. The van der Waals surface area contributed by atoms with E-state index in [0.717, 1.165) is 17.0 Å². The van der Waals surface area contributed by atoms with Crippen LogP contribution in [0.5, 0.6) is 0 Å². The summed E-state index contributed by atoms with van der Waals surface area (Å²) in [5.41, 5.74) is 1.88. The number of rotatable bonds is 5. The molecule has 0 spiro atoms. The van der Waals surface area contributed by atoms with Crippen LogP contribution in [0.3, 0.4) is 0 Å². The number of carbonyl (C=O) groups is 1. The van der Waals surface area contributed by atoms with E-state index >= 15 is 0 Å². The van der Waals surface area contributed by atoms with Crippen LogP contribution in [0.2, 0.25) is 0 Å². The Morgan fingerprint density at radius 1 is 1.38 bits per heavy atom. The first-order chi connectivity index (χ1) is 9.81. The SMILES string of the molecule is CN(C)c1cccc(NS(=O)(=O)c2scnc2C(=O)O)c1. The zero-order valence-corrected chi connectivity index (χ0v) is 12.9. The number of thiazole rings is 1. The summed E-state index contributed by atoms with van der Waals surface area (Å²) >= 11 is 0.762. The number of anilines is 2. The molecule has 1 aromatic carbocycles. The number of carboxylic acid groups (broad SMARTS) is 1. The number of benzene rings is 1. The molecule has 0 aliphatic rings. The van der Waals surface area contributed by atoms with Crippen LogP contribution in [-0.4, -0.2) is 38.6 Å². The molecule has 1 aromatic heterocycles. The fraction of sp³-hybridized carbons (Fsp3) is 0.167. The molecule has 0 saturated carbocycles. The predicted octanol–water partition coefficient (Wildman–Crippen LogP) is 1.71. The van der Waals surface area contributed by atoms with E-state index in [0.29, 0.717) is 5.69 Å². The minimum absolute atomic E-state index is 0.315. The molecule has 1 heterocycles. The third-order valence-electron chi connectivity index (χ3n) is 2.60. The van der Waals surface area contributed by atoms with Gasteiger partial charge < -0.3 is 10.0 Å².